The Kier molecular flexibility index (Phi) is 4.31. The minimum atomic E-state index is 0.406. The van der Waals surface area contributed by atoms with Gasteiger partial charge in [-0.05, 0) is 31.5 Å². The van der Waals surface area contributed by atoms with E-state index in [0.717, 1.165) is 36.6 Å². The Morgan fingerprint density at radius 3 is 2.90 bits per heavy atom. The van der Waals surface area contributed by atoms with Gasteiger partial charge in [0.1, 0.15) is 11.3 Å². The van der Waals surface area contributed by atoms with E-state index in [9.17, 15) is 0 Å². The number of rotatable bonds is 5. The first-order chi connectivity index (χ1) is 10.2. The molecule has 0 amide bonds. The molecule has 5 nitrogen and oxygen atoms in total. The van der Waals surface area contributed by atoms with E-state index in [4.69, 9.17) is 16.3 Å². The summed E-state index contributed by atoms with van der Waals surface area (Å²) in [5, 5.41) is 0. The topological polar surface area (TPSA) is 43.2 Å². The molecule has 1 fully saturated rings. The summed E-state index contributed by atoms with van der Waals surface area (Å²) in [5.74, 6) is 2.55. The standard InChI is InChI=1S/C15H21ClN4O/c1-3-19-7-6-11(9-19)10-20-13(8-16)17-12-4-5-14(21-2)18-15(12)20/h4-5,11H,3,6-10H2,1-2H3. The quantitative estimate of drug-likeness (QED) is 0.796. The number of nitrogens with zero attached hydrogens (tertiary/aromatic N) is 4. The summed E-state index contributed by atoms with van der Waals surface area (Å²) in [6.07, 6.45) is 1.22. The summed E-state index contributed by atoms with van der Waals surface area (Å²) < 4.78 is 7.39. The molecule has 0 aliphatic carbocycles. The largest absolute Gasteiger partial charge is 0.481 e. The Hall–Kier alpha value is -1.33. The number of alkyl halides is 1. The van der Waals surface area contributed by atoms with Gasteiger partial charge >= 0.3 is 0 Å². The summed E-state index contributed by atoms with van der Waals surface area (Å²) in [7, 11) is 1.63. The molecular formula is C15H21ClN4O. The number of hydrogen-bond acceptors (Lipinski definition) is 4. The van der Waals surface area contributed by atoms with Crippen molar-refractivity contribution in [2.45, 2.75) is 25.8 Å². The van der Waals surface area contributed by atoms with Gasteiger partial charge in [0.25, 0.3) is 0 Å². The second-order valence-electron chi connectivity index (χ2n) is 5.52. The molecule has 21 heavy (non-hydrogen) atoms. The average Bonchev–Trinajstić information content (AvgIpc) is 3.11. The molecule has 3 rings (SSSR count). The van der Waals surface area contributed by atoms with Crippen LogP contribution in [0.1, 0.15) is 19.2 Å². The van der Waals surface area contributed by atoms with Crippen LogP contribution >= 0.6 is 11.6 Å². The first kappa shape index (κ1) is 14.6. The lowest BCUT2D eigenvalue weighted by molar-refractivity contribution is 0.332. The van der Waals surface area contributed by atoms with E-state index in [-0.39, 0.29) is 0 Å². The summed E-state index contributed by atoms with van der Waals surface area (Å²) in [6, 6.07) is 3.78. The fourth-order valence-corrected chi connectivity index (χ4v) is 3.25. The molecule has 1 unspecified atom stereocenters. The van der Waals surface area contributed by atoms with Gasteiger partial charge in [-0.1, -0.05) is 6.92 Å². The molecule has 1 atom stereocenters. The average molecular weight is 309 g/mol. The van der Waals surface area contributed by atoms with Crippen molar-refractivity contribution in [2.75, 3.05) is 26.7 Å². The van der Waals surface area contributed by atoms with Gasteiger partial charge in [0, 0.05) is 19.2 Å². The third kappa shape index (κ3) is 2.85. The summed E-state index contributed by atoms with van der Waals surface area (Å²) in [6.45, 7) is 6.58. The van der Waals surface area contributed by atoms with Gasteiger partial charge in [-0.2, -0.15) is 4.98 Å². The van der Waals surface area contributed by atoms with Gasteiger partial charge in [-0.15, -0.1) is 11.6 Å². The third-order valence-electron chi connectivity index (χ3n) is 4.23. The third-order valence-corrected chi connectivity index (χ3v) is 4.47. The number of imidazole rings is 1. The predicted molar refractivity (Wildman–Crippen MR) is 83.9 cm³/mol. The number of fused-ring (bicyclic) bond motifs is 1. The highest BCUT2D eigenvalue weighted by Gasteiger charge is 2.23. The maximum absolute atomic E-state index is 6.07. The molecule has 0 radical (unpaired) electrons. The second-order valence-corrected chi connectivity index (χ2v) is 5.78. The van der Waals surface area contributed by atoms with Gasteiger partial charge in [-0.3, -0.25) is 0 Å². The molecule has 3 heterocycles. The van der Waals surface area contributed by atoms with Crippen LogP contribution < -0.4 is 4.74 Å². The fourth-order valence-electron chi connectivity index (χ4n) is 3.05. The summed E-state index contributed by atoms with van der Waals surface area (Å²) in [5.41, 5.74) is 1.76. The zero-order valence-electron chi connectivity index (χ0n) is 12.5. The van der Waals surface area contributed by atoms with Crippen molar-refractivity contribution in [3.05, 3.63) is 18.0 Å². The zero-order chi connectivity index (χ0) is 14.8. The molecule has 0 N–H and O–H groups in total. The predicted octanol–water partition coefficient (Wildman–Crippen LogP) is 2.52. The van der Waals surface area contributed by atoms with Crippen molar-refractivity contribution >= 4 is 22.8 Å². The van der Waals surface area contributed by atoms with Crippen LogP contribution in [0.2, 0.25) is 0 Å². The molecule has 1 aliphatic heterocycles. The lowest BCUT2D eigenvalue weighted by atomic mass is 10.1. The van der Waals surface area contributed by atoms with E-state index in [0.29, 0.717) is 17.7 Å². The molecule has 0 saturated carbocycles. The highest BCUT2D eigenvalue weighted by atomic mass is 35.5. The van der Waals surface area contributed by atoms with Crippen molar-refractivity contribution in [2.24, 2.45) is 5.92 Å². The van der Waals surface area contributed by atoms with Crippen LogP contribution in [0.3, 0.4) is 0 Å². The maximum Gasteiger partial charge on any atom is 0.215 e. The highest BCUT2D eigenvalue weighted by molar-refractivity contribution is 6.16. The van der Waals surface area contributed by atoms with Gasteiger partial charge in [0.15, 0.2) is 5.65 Å². The number of ether oxygens (including phenoxy) is 1. The lowest BCUT2D eigenvalue weighted by Crippen LogP contribution is -2.21. The van der Waals surface area contributed by atoms with Crippen LogP contribution in [0, 0.1) is 5.92 Å². The Morgan fingerprint density at radius 2 is 2.24 bits per heavy atom. The monoisotopic (exact) mass is 308 g/mol. The molecule has 0 aromatic carbocycles. The van der Waals surface area contributed by atoms with Crippen molar-refractivity contribution in [3.63, 3.8) is 0 Å². The minimum Gasteiger partial charge on any atom is -0.481 e. The Balaban J connectivity index is 1.92. The summed E-state index contributed by atoms with van der Waals surface area (Å²) >= 11 is 6.07. The maximum atomic E-state index is 6.07. The van der Waals surface area contributed by atoms with E-state index in [1.54, 1.807) is 7.11 Å². The van der Waals surface area contributed by atoms with Crippen molar-refractivity contribution < 1.29 is 4.74 Å². The number of likely N-dealkylation sites (tertiary alicyclic amines) is 1. The number of pyridine rings is 1. The first-order valence-corrected chi connectivity index (χ1v) is 7.97. The van der Waals surface area contributed by atoms with E-state index >= 15 is 0 Å². The normalized spacial score (nSPS) is 19.5. The van der Waals surface area contributed by atoms with Crippen LogP contribution in [0.4, 0.5) is 0 Å². The van der Waals surface area contributed by atoms with E-state index < -0.39 is 0 Å². The Bertz CT molecular complexity index is 627. The first-order valence-electron chi connectivity index (χ1n) is 7.43. The lowest BCUT2D eigenvalue weighted by Gasteiger charge is -2.15. The zero-order valence-corrected chi connectivity index (χ0v) is 13.3. The van der Waals surface area contributed by atoms with Crippen molar-refractivity contribution in [3.8, 4) is 5.88 Å². The van der Waals surface area contributed by atoms with E-state index in [2.05, 4.69) is 26.4 Å². The molecule has 2 aromatic rings. The fraction of sp³-hybridized carbons (Fsp3) is 0.600. The van der Waals surface area contributed by atoms with Gasteiger partial charge in [-0.25, -0.2) is 4.98 Å². The molecular weight excluding hydrogens is 288 g/mol. The van der Waals surface area contributed by atoms with Crippen molar-refractivity contribution in [1.29, 1.82) is 0 Å². The van der Waals surface area contributed by atoms with Gasteiger partial charge in [0.05, 0.1) is 13.0 Å². The summed E-state index contributed by atoms with van der Waals surface area (Å²) in [4.78, 5) is 11.6. The number of hydrogen-bond donors (Lipinski definition) is 0. The van der Waals surface area contributed by atoms with Crippen LogP contribution in [0.25, 0.3) is 11.2 Å². The van der Waals surface area contributed by atoms with Crippen LogP contribution in [0.15, 0.2) is 12.1 Å². The highest BCUT2D eigenvalue weighted by Crippen LogP contribution is 2.24. The van der Waals surface area contributed by atoms with Crippen LogP contribution in [0.5, 0.6) is 5.88 Å². The number of aromatic nitrogens is 3. The molecule has 114 valence electrons. The Labute approximate surface area is 129 Å². The second kappa shape index (κ2) is 6.20. The molecule has 6 heteroatoms. The SMILES string of the molecule is CCN1CCC(Cn2c(CCl)nc3ccc(OC)nc32)C1. The minimum absolute atomic E-state index is 0.406. The van der Waals surface area contributed by atoms with Gasteiger partial charge in [0.2, 0.25) is 5.88 Å². The molecule has 1 saturated heterocycles. The van der Waals surface area contributed by atoms with Crippen molar-refractivity contribution in [1.82, 2.24) is 19.4 Å². The van der Waals surface area contributed by atoms with Gasteiger partial charge < -0.3 is 14.2 Å². The number of halogens is 1. The molecule has 0 spiro atoms. The van der Waals surface area contributed by atoms with E-state index in [1.807, 2.05) is 12.1 Å². The number of methoxy groups -OCH3 is 1. The molecule has 2 aromatic heterocycles. The van der Waals surface area contributed by atoms with Crippen LogP contribution in [-0.2, 0) is 12.4 Å². The van der Waals surface area contributed by atoms with Crippen LogP contribution in [-0.4, -0.2) is 46.2 Å². The smallest absolute Gasteiger partial charge is 0.215 e. The Morgan fingerprint density at radius 1 is 1.38 bits per heavy atom. The molecule has 0 bridgehead atoms. The molecule has 1 aliphatic rings. The van der Waals surface area contributed by atoms with E-state index in [1.165, 1.54) is 13.0 Å².